The maximum atomic E-state index is 12.7. The summed E-state index contributed by atoms with van der Waals surface area (Å²) in [6, 6.07) is 5.19. The molecule has 4 nitrogen and oxygen atoms in total. The smallest absolute Gasteiger partial charge is 0.243 e. The second kappa shape index (κ2) is 6.54. The van der Waals surface area contributed by atoms with Crippen LogP contribution < -0.4 is 5.73 Å². The van der Waals surface area contributed by atoms with E-state index in [1.54, 1.807) is 16.4 Å². The number of hydrogen-bond acceptors (Lipinski definition) is 3. The lowest BCUT2D eigenvalue weighted by Crippen LogP contribution is -2.53. The van der Waals surface area contributed by atoms with Gasteiger partial charge in [-0.3, -0.25) is 0 Å². The van der Waals surface area contributed by atoms with Crippen molar-refractivity contribution in [1.82, 2.24) is 4.31 Å². The highest BCUT2D eigenvalue weighted by molar-refractivity contribution is 9.10. The molecule has 21 heavy (non-hydrogen) atoms. The van der Waals surface area contributed by atoms with Gasteiger partial charge < -0.3 is 5.73 Å². The van der Waals surface area contributed by atoms with E-state index in [0.717, 1.165) is 10.0 Å². The van der Waals surface area contributed by atoms with Gasteiger partial charge in [0, 0.05) is 23.6 Å². The number of benzene rings is 1. The Morgan fingerprint density at radius 3 is 2.52 bits per heavy atom. The molecule has 0 spiro atoms. The first kappa shape index (κ1) is 18.9. The van der Waals surface area contributed by atoms with Crippen molar-refractivity contribution in [2.45, 2.75) is 38.1 Å². The van der Waals surface area contributed by atoms with E-state index in [9.17, 15) is 8.42 Å². The number of nitrogens with zero attached hydrogens (tertiary/aromatic N) is 1. The third-order valence-corrected chi connectivity index (χ3v) is 6.75. The molecule has 1 aromatic rings. The summed E-state index contributed by atoms with van der Waals surface area (Å²) in [5.41, 5.74) is 6.89. The molecule has 1 fully saturated rings. The summed E-state index contributed by atoms with van der Waals surface area (Å²) in [7, 11) is -3.45. The Labute approximate surface area is 141 Å². The van der Waals surface area contributed by atoms with Gasteiger partial charge in [0.1, 0.15) is 0 Å². The Morgan fingerprint density at radius 2 is 2.00 bits per heavy atom. The topological polar surface area (TPSA) is 63.4 Å². The predicted octanol–water partition coefficient (Wildman–Crippen LogP) is 2.93. The van der Waals surface area contributed by atoms with E-state index in [0.29, 0.717) is 24.4 Å². The molecule has 1 aromatic carbocycles. The highest BCUT2D eigenvalue weighted by Crippen LogP contribution is 2.32. The summed E-state index contributed by atoms with van der Waals surface area (Å²) < 4.78 is 27.8. The molecule has 7 heteroatoms. The van der Waals surface area contributed by atoms with Crippen LogP contribution in [0.25, 0.3) is 0 Å². The van der Waals surface area contributed by atoms with Gasteiger partial charge in [0.15, 0.2) is 0 Å². The summed E-state index contributed by atoms with van der Waals surface area (Å²) in [6.07, 6.45) is 0.694. The van der Waals surface area contributed by atoms with Crippen LogP contribution in [0.15, 0.2) is 27.6 Å². The van der Waals surface area contributed by atoms with E-state index in [1.165, 1.54) is 0 Å². The van der Waals surface area contributed by atoms with E-state index in [1.807, 2.05) is 26.8 Å². The predicted molar refractivity (Wildman–Crippen MR) is 91.3 cm³/mol. The molecule has 2 N–H and O–H groups in total. The van der Waals surface area contributed by atoms with Gasteiger partial charge in [-0.15, -0.1) is 12.4 Å². The molecule has 1 aliphatic rings. The van der Waals surface area contributed by atoms with Crippen LogP contribution >= 0.6 is 28.3 Å². The van der Waals surface area contributed by atoms with E-state index in [4.69, 9.17) is 5.73 Å². The molecule has 1 atom stereocenters. The molecule has 0 radical (unpaired) electrons. The first-order chi connectivity index (χ1) is 9.14. The van der Waals surface area contributed by atoms with E-state index in [2.05, 4.69) is 15.9 Å². The van der Waals surface area contributed by atoms with Crippen LogP contribution in [-0.2, 0) is 10.0 Å². The standard InChI is InChI=1S/C14H21BrN2O2S.ClH/c1-10-4-5-11(8-12(10)15)20(18,19)17-7-6-13(16)14(2,3)9-17;/h4-5,8,13H,6-7,9,16H2,1-3H3;1H. The first-order valence-corrected chi connectivity index (χ1v) is 8.90. The van der Waals surface area contributed by atoms with Crippen LogP contribution in [0.3, 0.4) is 0 Å². The summed E-state index contributed by atoms with van der Waals surface area (Å²) in [5.74, 6) is 0. The van der Waals surface area contributed by atoms with Gasteiger partial charge in [-0.05, 0) is 36.5 Å². The SMILES string of the molecule is Cc1ccc(S(=O)(=O)N2CCC(N)C(C)(C)C2)cc1Br.Cl. The van der Waals surface area contributed by atoms with E-state index in [-0.39, 0.29) is 23.9 Å². The number of piperidine rings is 1. The molecular formula is C14H22BrClN2O2S. The Kier molecular flexibility index (Phi) is 5.89. The second-order valence-corrected chi connectivity index (χ2v) is 8.93. The third-order valence-electron chi connectivity index (χ3n) is 4.06. The quantitative estimate of drug-likeness (QED) is 0.834. The largest absolute Gasteiger partial charge is 0.327 e. The molecule has 1 heterocycles. The minimum Gasteiger partial charge on any atom is -0.327 e. The zero-order valence-electron chi connectivity index (χ0n) is 12.5. The van der Waals surface area contributed by atoms with Crippen molar-refractivity contribution in [1.29, 1.82) is 0 Å². The molecule has 0 aliphatic carbocycles. The third kappa shape index (κ3) is 3.79. The monoisotopic (exact) mass is 396 g/mol. The van der Waals surface area contributed by atoms with Crippen LogP contribution in [0, 0.1) is 12.3 Å². The van der Waals surface area contributed by atoms with Gasteiger partial charge in [0.25, 0.3) is 0 Å². The first-order valence-electron chi connectivity index (χ1n) is 6.66. The normalized spacial score (nSPS) is 22.6. The van der Waals surface area contributed by atoms with Gasteiger partial charge in [0.2, 0.25) is 10.0 Å². The second-order valence-electron chi connectivity index (χ2n) is 6.13. The molecule has 120 valence electrons. The van der Waals surface area contributed by atoms with Crippen LogP contribution in [0.5, 0.6) is 0 Å². The fourth-order valence-electron chi connectivity index (χ4n) is 2.41. The van der Waals surface area contributed by atoms with Crippen LogP contribution in [0.1, 0.15) is 25.8 Å². The number of hydrogen-bond donors (Lipinski definition) is 1. The summed E-state index contributed by atoms with van der Waals surface area (Å²) in [5, 5.41) is 0. The Morgan fingerprint density at radius 1 is 1.38 bits per heavy atom. The molecule has 2 rings (SSSR count). The minimum absolute atomic E-state index is 0. The van der Waals surface area contributed by atoms with Gasteiger partial charge >= 0.3 is 0 Å². The van der Waals surface area contributed by atoms with E-state index < -0.39 is 10.0 Å². The lowest BCUT2D eigenvalue weighted by Gasteiger charge is -2.41. The van der Waals surface area contributed by atoms with E-state index >= 15 is 0 Å². The summed E-state index contributed by atoms with van der Waals surface area (Å²) in [6.45, 7) is 6.92. The zero-order valence-corrected chi connectivity index (χ0v) is 15.7. The van der Waals surface area contributed by atoms with Crippen molar-refractivity contribution < 1.29 is 8.42 Å². The zero-order chi connectivity index (χ0) is 15.1. The van der Waals surface area contributed by atoms with Crippen molar-refractivity contribution >= 4 is 38.4 Å². The van der Waals surface area contributed by atoms with Crippen molar-refractivity contribution in [2.24, 2.45) is 11.1 Å². The molecule has 1 unspecified atom stereocenters. The molecule has 0 aromatic heterocycles. The minimum atomic E-state index is -3.45. The van der Waals surface area contributed by atoms with Crippen LogP contribution in [-0.4, -0.2) is 31.9 Å². The average Bonchev–Trinajstić information content (AvgIpc) is 2.35. The average molecular weight is 398 g/mol. The van der Waals surface area contributed by atoms with Crippen molar-refractivity contribution in [2.75, 3.05) is 13.1 Å². The van der Waals surface area contributed by atoms with Gasteiger partial charge in [-0.2, -0.15) is 4.31 Å². The maximum Gasteiger partial charge on any atom is 0.243 e. The number of sulfonamides is 1. The molecule has 0 bridgehead atoms. The van der Waals surface area contributed by atoms with Crippen molar-refractivity contribution in [3.05, 3.63) is 28.2 Å². The molecular weight excluding hydrogens is 376 g/mol. The molecule has 0 amide bonds. The number of aryl methyl sites for hydroxylation is 1. The van der Waals surface area contributed by atoms with Crippen molar-refractivity contribution in [3.63, 3.8) is 0 Å². The number of halogens is 2. The Bertz CT molecular complexity index is 619. The van der Waals surface area contributed by atoms with Gasteiger partial charge in [-0.1, -0.05) is 35.8 Å². The molecule has 1 saturated heterocycles. The summed E-state index contributed by atoms with van der Waals surface area (Å²) in [4.78, 5) is 0.334. The van der Waals surface area contributed by atoms with Gasteiger partial charge in [-0.25, -0.2) is 8.42 Å². The lowest BCUT2D eigenvalue weighted by molar-refractivity contribution is 0.155. The highest BCUT2D eigenvalue weighted by Gasteiger charge is 2.38. The Balaban J connectivity index is 0.00000220. The van der Waals surface area contributed by atoms with Crippen LogP contribution in [0.2, 0.25) is 0 Å². The lowest BCUT2D eigenvalue weighted by atomic mass is 9.81. The van der Waals surface area contributed by atoms with Gasteiger partial charge in [0.05, 0.1) is 4.90 Å². The number of rotatable bonds is 2. The highest BCUT2D eigenvalue weighted by atomic mass is 79.9. The molecule has 0 saturated carbocycles. The van der Waals surface area contributed by atoms with Crippen LogP contribution in [0.4, 0.5) is 0 Å². The Hall–Kier alpha value is -0.140. The fourth-order valence-corrected chi connectivity index (χ4v) is 4.60. The number of nitrogens with two attached hydrogens (primary N) is 1. The van der Waals surface area contributed by atoms with Crippen molar-refractivity contribution in [3.8, 4) is 0 Å². The maximum absolute atomic E-state index is 12.7. The molecule has 1 aliphatic heterocycles. The summed E-state index contributed by atoms with van der Waals surface area (Å²) >= 11 is 3.39. The fraction of sp³-hybridized carbons (Fsp3) is 0.571.